The van der Waals surface area contributed by atoms with E-state index in [0.29, 0.717) is 12.1 Å². The Bertz CT molecular complexity index is 563. The number of nitrogens with zero attached hydrogens (tertiary/aromatic N) is 2. The lowest BCUT2D eigenvalue weighted by Gasteiger charge is -2.09. The summed E-state index contributed by atoms with van der Waals surface area (Å²) in [6, 6.07) is 5.81. The minimum absolute atomic E-state index is 0.290. The van der Waals surface area contributed by atoms with Gasteiger partial charge < -0.3 is 19.8 Å². The fourth-order valence-corrected chi connectivity index (χ4v) is 2.17. The summed E-state index contributed by atoms with van der Waals surface area (Å²) in [5.74, 6) is 1.37. The first-order valence-corrected chi connectivity index (χ1v) is 7.03. The van der Waals surface area contributed by atoms with Crippen LogP contribution in [0.4, 0.5) is 5.95 Å². The highest BCUT2D eigenvalue weighted by Gasteiger charge is 2.08. The summed E-state index contributed by atoms with van der Waals surface area (Å²) in [4.78, 5) is 4.37. The van der Waals surface area contributed by atoms with Gasteiger partial charge in [0.2, 0.25) is 5.95 Å². The summed E-state index contributed by atoms with van der Waals surface area (Å²) in [7, 11) is 1.66. The van der Waals surface area contributed by atoms with Crippen LogP contribution in [-0.2, 0) is 11.3 Å². The molecular weight excluding hydrogens is 254 g/mol. The summed E-state index contributed by atoms with van der Waals surface area (Å²) in [5, 5.41) is 0. The predicted octanol–water partition coefficient (Wildman–Crippen LogP) is 2.83. The molecule has 0 bridgehead atoms. The van der Waals surface area contributed by atoms with Crippen LogP contribution in [0.5, 0.6) is 5.75 Å². The molecule has 2 rings (SSSR count). The van der Waals surface area contributed by atoms with Gasteiger partial charge in [0.25, 0.3) is 0 Å². The summed E-state index contributed by atoms with van der Waals surface area (Å²) < 4.78 is 12.8. The maximum atomic E-state index is 5.99. The second-order valence-electron chi connectivity index (χ2n) is 5.10. The van der Waals surface area contributed by atoms with Gasteiger partial charge in [-0.25, -0.2) is 4.98 Å². The minimum atomic E-state index is 0.290. The van der Waals surface area contributed by atoms with E-state index in [0.717, 1.165) is 42.8 Å². The lowest BCUT2D eigenvalue weighted by atomic mass is 10.2. The van der Waals surface area contributed by atoms with Gasteiger partial charge >= 0.3 is 0 Å². The van der Waals surface area contributed by atoms with Crippen molar-refractivity contribution < 1.29 is 9.47 Å². The highest BCUT2D eigenvalue weighted by molar-refractivity contribution is 5.79. The number of unbranched alkanes of at least 4 members (excludes halogenated alkanes) is 1. The standard InChI is InChI=1S/C15H23N3O2/c1-11(2)20-9-5-4-8-18-14-10-12(19-3)6-7-13(14)17-15(18)16/h6-7,10-11H,4-5,8-9H2,1-3H3,(H2,16,17). The number of imidazole rings is 1. The second-order valence-corrected chi connectivity index (χ2v) is 5.10. The van der Waals surface area contributed by atoms with Gasteiger partial charge in [0.1, 0.15) is 5.75 Å². The molecule has 0 radical (unpaired) electrons. The lowest BCUT2D eigenvalue weighted by molar-refractivity contribution is 0.0755. The molecule has 20 heavy (non-hydrogen) atoms. The highest BCUT2D eigenvalue weighted by Crippen LogP contribution is 2.23. The van der Waals surface area contributed by atoms with Crippen molar-refractivity contribution in [2.24, 2.45) is 0 Å². The molecule has 0 aliphatic heterocycles. The molecule has 0 saturated carbocycles. The van der Waals surface area contributed by atoms with Crippen LogP contribution in [-0.4, -0.2) is 29.4 Å². The number of nitrogen functional groups attached to an aromatic ring is 1. The van der Waals surface area contributed by atoms with Gasteiger partial charge in [-0.2, -0.15) is 0 Å². The first-order chi connectivity index (χ1) is 9.61. The molecule has 0 aliphatic carbocycles. The maximum absolute atomic E-state index is 5.99. The van der Waals surface area contributed by atoms with E-state index in [1.807, 2.05) is 36.6 Å². The third kappa shape index (κ3) is 3.42. The zero-order valence-electron chi connectivity index (χ0n) is 12.4. The van der Waals surface area contributed by atoms with Crippen molar-refractivity contribution >= 4 is 17.0 Å². The molecule has 0 unspecified atom stereocenters. The van der Waals surface area contributed by atoms with Crippen molar-refractivity contribution in [1.82, 2.24) is 9.55 Å². The number of methoxy groups -OCH3 is 1. The number of nitrogens with two attached hydrogens (primary N) is 1. The molecule has 5 nitrogen and oxygen atoms in total. The Labute approximate surface area is 119 Å². The van der Waals surface area contributed by atoms with Crippen molar-refractivity contribution in [2.75, 3.05) is 19.5 Å². The smallest absolute Gasteiger partial charge is 0.201 e. The molecule has 0 aliphatic rings. The van der Waals surface area contributed by atoms with Crippen molar-refractivity contribution in [3.63, 3.8) is 0 Å². The third-order valence-electron chi connectivity index (χ3n) is 3.21. The Kier molecular flexibility index (Phi) is 4.84. The first kappa shape index (κ1) is 14.7. The van der Waals surface area contributed by atoms with Crippen LogP contribution in [0, 0.1) is 0 Å². The number of hydrogen-bond donors (Lipinski definition) is 1. The molecule has 0 spiro atoms. The molecule has 0 saturated heterocycles. The Morgan fingerprint density at radius 2 is 2.10 bits per heavy atom. The number of rotatable bonds is 7. The van der Waals surface area contributed by atoms with Gasteiger partial charge in [-0.05, 0) is 38.8 Å². The van der Waals surface area contributed by atoms with E-state index < -0.39 is 0 Å². The largest absolute Gasteiger partial charge is 0.497 e. The van der Waals surface area contributed by atoms with E-state index in [-0.39, 0.29) is 0 Å². The van der Waals surface area contributed by atoms with E-state index in [4.69, 9.17) is 15.2 Å². The molecule has 0 fully saturated rings. The van der Waals surface area contributed by atoms with Crippen LogP contribution in [0.1, 0.15) is 26.7 Å². The molecule has 1 aromatic heterocycles. The van der Waals surface area contributed by atoms with Gasteiger partial charge in [-0.3, -0.25) is 0 Å². The second kappa shape index (κ2) is 6.61. The number of hydrogen-bond acceptors (Lipinski definition) is 4. The number of ether oxygens (including phenoxy) is 2. The van der Waals surface area contributed by atoms with Crippen molar-refractivity contribution in [3.8, 4) is 5.75 Å². The van der Waals surface area contributed by atoms with Crippen LogP contribution in [0.15, 0.2) is 18.2 Å². The fraction of sp³-hybridized carbons (Fsp3) is 0.533. The van der Waals surface area contributed by atoms with Crippen LogP contribution in [0.2, 0.25) is 0 Å². The number of benzene rings is 1. The molecule has 2 aromatic rings. The Hall–Kier alpha value is -1.75. The maximum Gasteiger partial charge on any atom is 0.201 e. The van der Waals surface area contributed by atoms with E-state index in [2.05, 4.69) is 4.98 Å². The molecule has 0 atom stereocenters. The summed E-state index contributed by atoms with van der Waals surface area (Å²) in [6.07, 6.45) is 2.32. The normalized spacial score (nSPS) is 11.4. The lowest BCUT2D eigenvalue weighted by Crippen LogP contribution is -2.07. The predicted molar refractivity (Wildman–Crippen MR) is 81.0 cm³/mol. The average molecular weight is 277 g/mol. The minimum Gasteiger partial charge on any atom is -0.497 e. The summed E-state index contributed by atoms with van der Waals surface area (Å²) in [5.41, 5.74) is 7.91. The van der Waals surface area contributed by atoms with Crippen LogP contribution in [0.25, 0.3) is 11.0 Å². The third-order valence-corrected chi connectivity index (χ3v) is 3.21. The van der Waals surface area contributed by atoms with Gasteiger partial charge in [0.05, 0.1) is 24.2 Å². The van der Waals surface area contributed by atoms with Crippen LogP contribution < -0.4 is 10.5 Å². The van der Waals surface area contributed by atoms with Gasteiger partial charge in [0, 0.05) is 19.2 Å². The number of fused-ring (bicyclic) bond motifs is 1. The van der Waals surface area contributed by atoms with Crippen LogP contribution in [0.3, 0.4) is 0 Å². The molecular formula is C15H23N3O2. The molecule has 2 N–H and O–H groups in total. The van der Waals surface area contributed by atoms with Crippen LogP contribution >= 0.6 is 0 Å². The molecule has 1 heterocycles. The first-order valence-electron chi connectivity index (χ1n) is 7.03. The fourth-order valence-electron chi connectivity index (χ4n) is 2.17. The highest BCUT2D eigenvalue weighted by atomic mass is 16.5. The quantitative estimate of drug-likeness (QED) is 0.790. The van der Waals surface area contributed by atoms with E-state index in [9.17, 15) is 0 Å². The van der Waals surface area contributed by atoms with Gasteiger partial charge in [-0.1, -0.05) is 0 Å². The van der Waals surface area contributed by atoms with Crippen molar-refractivity contribution in [2.45, 2.75) is 39.3 Å². The summed E-state index contributed by atoms with van der Waals surface area (Å²) in [6.45, 7) is 5.73. The summed E-state index contributed by atoms with van der Waals surface area (Å²) >= 11 is 0. The number of anilines is 1. The van der Waals surface area contributed by atoms with E-state index >= 15 is 0 Å². The van der Waals surface area contributed by atoms with Crippen molar-refractivity contribution in [3.05, 3.63) is 18.2 Å². The zero-order chi connectivity index (χ0) is 14.5. The number of aromatic nitrogens is 2. The van der Waals surface area contributed by atoms with E-state index in [1.165, 1.54) is 0 Å². The van der Waals surface area contributed by atoms with Gasteiger partial charge in [0.15, 0.2) is 0 Å². The molecule has 5 heteroatoms. The Balaban J connectivity index is 2.03. The zero-order valence-corrected chi connectivity index (χ0v) is 12.4. The number of aryl methyl sites for hydroxylation is 1. The molecule has 110 valence electrons. The Morgan fingerprint density at radius 3 is 2.80 bits per heavy atom. The van der Waals surface area contributed by atoms with Crippen molar-refractivity contribution in [1.29, 1.82) is 0 Å². The van der Waals surface area contributed by atoms with Gasteiger partial charge in [-0.15, -0.1) is 0 Å². The average Bonchev–Trinajstić information content (AvgIpc) is 2.73. The SMILES string of the molecule is COc1ccc2nc(N)n(CCCCOC(C)C)c2c1. The van der Waals surface area contributed by atoms with E-state index in [1.54, 1.807) is 7.11 Å². The molecule has 0 amide bonds. The monoisotopic (exact) mass is 277 g/mol. The topological polar surface area (TPSA) is 62.3 Å². The Morgan fingerprint density at radius 1 is 1.30 bits per heavy atom. The molecule has 1 aromatic carbocycles.